The van der Waals surface area contributed by atoms with Crippen LogP contribution < -0.4 is 10.6 Å². The Morgan fingerprint density at radius 3 is 2.21 bits per heavy atom. The molecule has 34 heavy (non-hydrogen) atoms. The highest BCUT2D eigenvalue weighted by Gasteiger charge is 2.67. The molecule has 3 aromatic carbocycles. The van der Waals surface area contributed by atoms with Crippen molar-refractivity contribution in [2.45, 2.75) is 16.8 Å². The summed E-state index contributed by atoms with van der Waals surface area (Å²) in [5.74, 6) is -1.95. The van der Waals surface area contributed by atoms with E-state index in [9.17, 15) is 9.59 Å². The summed E-state index contributed by atoms with van der Waals surface area (Å²) < 4.78 is -0.202. The van der Waals surface area contributed by atoms with E-state index in [2.05, 4.69) is 33.2 Å². The minimum absolute atomic E-state index is 0.238. The number of nitrogens with one attached hydrogen (secondary N) is 2. The molecule has 0 spiro atoms. The zero-order chi connectivity index (χ0) is 24.6. The predicted molar refractivity (Wildman–Crippen MR) is 148 cm³/mol. The quantitative estimate of drug-likeness (QED) is 0.209. The highest BCUT2D eigenvalue weighted by atomic mass is 127. The third kappa shape index (κ3) is 5.77. The van der Waals surface area contributed by atoms with Gasteiger partial charge in [0.1, 0.15) is 4.33 Å². The van der Waals surface area contributed by atoms with Gasteiger partial charge in [0.15, 0.2) is 0 Å². The molecule has 2 N–H and O–H groups in total. The van der Waals surface area contributed by atoms with Crippen LogP contribution in [0, 0.1) is 9.49 Å². The Morgan fingerprint density at radius 2 is 1.56 bits per heavy atom. The first kappa shape index (κ1) is 25.9. The summed E-state index contributed by atoms with van der Waals surface area (Å²) >= 11 is 33.5. The van der Waals surface area contributed by atoms with E-state index in [1.165, 1.54) is 6.07 Å². The Bertz CT molecular complexity index is 1250. The second-order valence-electron chi connectivity index (χ2n) is 7.83. The van der Waals surface area contributed by atoms with Crippen LogP contribution >= 0.6 is 80.6 Å². The molecule has 0 heterocycles. The highest BCUT2D eigenvalue weighted by molar-refractivity contribution is 14.1. The van der Waals surface area contributed by atoms with Crippen LogP contribution in [-0.2, 0) is 11.3 Å². The van der Waals surface area contributed by atoms with Crippen LogP contribution in [0.1, 0.15) is 27.4 Å². The number of hydrogen-bond donors (Lipinski definition) is 2. The van der Waals surface area contributed by atoms with Crippen molar-refractivity contribution in [3.63, 3.8) is 0 Å². The van der Waals surface area contributed by atoms with Gasteiger partial charge in [0, 0.05) is 31.8 Å². The van der Waals surface area contributed by atoms with Crippen molar-refractivity contribution in [1.29, 1.82) is 0 Å². The summed E-state index contributed by atoms with van der Waals surface area (Å²) in [6.45, 7) is 0.343. The number of hydrogen-bond acceptors (Lipinski definition) is 2. The third-order valence-electron chi connectivity index (χ3n) is 5.42. The maximum absolute atomic E-state index is 13.0. The molecule has 4 rings (SSSR count). The summed E-state index contributed by atoms with van der Waals surface area (Å²) in [6.07, 6.45) is 0. The molecule has 2 amide bonds. The van der Waals surface area contributed by atoms with Gasteiger partial charge in [-0.2, -0.15) is 0 Å². The van der Waals surface area contributed by atoms with Crippen molar-refractivity contribution >= 4 is 98.1 Å². The van der Waals surface area contributed by atoms with Gasteiger partial charge in [0.05, 0.1) is 16.5 Å². The van der Waals surface area contributed by atoms with Crippen LogP contribution in [0.3, 0.4) is 0 Å². The van der Waals surface area contributed by atoms with Gasteiger partial charge in [-0.15, -0.1) is 23.2 Å². The fourth-order valence-electron chi connectivity index (χ4n) is 3.70. The average Bonchev–Trinajstić information content (AvgIpc) is 3.36. The van der Waals surface area contributed by atoms with Crippen LogP contribution in [0.4, 0.5) is 5.69 Å². The Hall–Kier alpha value is -1.22. The number of benzene rings is 3. The Kier molecular flexibility index (Phi) is 7.92. The largest absolute Gasteiger partial charge is 0.348 e. The lowest BCUT2D eigenvalue weighted by Gasteiger charge is -2.10. The number of carbonyl (C=O) groups excluding carboxylic acids is 2. The van der Waals surface area contributed by atoms with Gasteiger partial charge in [-0.3, -0.25) is 9.59 Å². The van der Waals surface area contributed by atoms with Crippen LogP contribution in [0.5, 0.6) is 0 Å². The third-order valence-corrected chi connectivity index (χ3v) is 7.85. The molecule has 0 aliphatic heterocycles. The first-order valence-electron chi connectivity index (χ1n) is 10.0. The normalized spacial score (nSPS) is 18.3. The summed E-state index contributed by atoms with van der Waals surface area (Å²) in [4.78, 5) is 25.7. The minimum Gasteiger partial charge on any atom is -0.348 e. The minimum atomic E-state index is -1.31. The lowest BCUT2D eigenvalue weighted by atomic mass is 10.1. The average molecular weight is 669 g/mol. The molecule has 10 heteroatoms. The molecule has 1 saturated carbocycles. The van der Waals surface area contributed by atoms with E-state index >= 15 is 0 Å². The van der Waals surface area contributed by atoms with Gasteiger partial charge < -0.3 is 10.6 Å². The second-order valence-corrected chi connectivity index (χ2v) is 11.8. The van der Waals surface area contributed by atoms with Crippen molar-refractivity contribution < 1.29 is 9.59 Å². The summed E-state index contributed by atoms with van der Waals surface area (Å²) in [5, 5.41) is 6.73. The SMILES string of the molecule is O=C(NCc1ccc(I)cc1)c1cc(NC(=O)C2C(c3cc(Cl)cc(Cl)c3)C2(Cl)Cl)ccc1Cl. The second kappa shape index (κ2) is 10.4. The van der Waals surface area contributed by atoms with E-state index in [1.807, 2.05) is 24.3 Å². The molecule has 0 aromatic heterocycles. The molecule has 2 unspecified atom stereocenters. The zero-order valence-electron chi connectivity index (χ0n) is 17.2. The highest BCUT2D eigenvalue weighted by Crippen LogP contribution is 2.65. The van der Waals surface area contributed by atoms with E-state index < -0.39 is 22.1 Å². The lowest BCUT2D eigenvalue weighted by Crippen LogP contribution is -2.23. The van der Waals surface area contributed by atoms with E-state index in [0.717, 1.165) is 9.13 Å². The van der Waals surface area contributed by atoms with Crippen molar-refractivity contribution in [2.24, 2.45) is 5.92 Å². The van der Waals surface area contributed by atoms with Crippen LogP contribution in [0.25, 0.3) is 0 Å². The number of halogens is 6. The van der Waals surface area contributed by atoms with E-state index in [4.69, 9.17) is 58.0 Å². The number of carbonyl (C=O) groups is 2. The Balaban J connectivity index is 1.45. The van der Waals surface area contributed by atoms with E-state index in [-0.39, 0.29) is 16.5 Å². The molecule has 1 fully saturated rings. The van der Waals surface area contributed by atoms with Gasteiger partial charge in [0.2, 0.25) is 5.91 Å². The number of anilines is 1. The number of rotatable bonds is 6. The van der Waals surface area contributed by atoms with E-state index in [1.54, 1.807) is 30.3 Å². The fraction of sp³-hybridized carbons (Fsp3) is 0.167. The number of alkyl halides is 2. The van der Waals surface area contributed by atoms with Gasteiger partial charge >= 0.3 is 0 Å². The molecule has 3 aromatic rings. The molecule has 1 aliphatic carbocycles. The molecule has 0 bridgehead atoms. The van der Waals surface area contributed by atoms with Gasteiger partial charge in [-0.05, 0) is 82.2 Å². The van der Waals surface area contributed by atoms with Gasteiger partial charge in [-0.1, -0.05) is 46.9 Å². The molecule has 2 atom stereocenters. The summed E-state index contributed by atoms with van der Waals surface area (Å²) in [7, 11) is 0. The topological polar surface area (TPSA) is 58.2 Å². The standard InChI is InChI=1S/C24H16Cl5IN2O2/c25-14-7-13(8-15(26)9-14)20-21(24(20,28)29)23(34)32-17-5-6-19(27)18(10-17)22(33)31-11-12-1-3-16(30)4-2-12/h1-10,20-21H,11H2,(H,31,33)(H,32,34). The Labute approximate surface area is 235 Å². The summed E-state index contributed by atoms with van der Waals surface area (Å²) in [5.41, 5.74) is 2.26. The first-order valence-corrected chi connectivity index (χ1v) is 13.0. The first-order chi connectivity index (χ1) is 16.1. The maximum atomic E-state index is 13.0. The van der Waals surface area contributed by atoms with Crippen molar-refractivity contribution in [2.75, 3.05) is 5.32 Å². The van der Waals surface area contributed by atoms with Crippen molar-refractivity contribution in [1.82, 2.24) is 5.32 Å². The fourth-order valence-corrected chi connectivity index (χ4v) is 5.63. The van der Waals surface area contributed by atoms with Gasteiger partial charge in [0.25, 0.3) is 5.91 Å². The molecule has 1 aliphatic rings. The predicted octanol–water partition coefficient (Wildman–Crippen LogP) is 7.71. The van der Waals surface area contributed by atoms with Gasteiger partial charge in [-0.25, -0.2) is 0 Å². The maximum Gasteiger partial charge on any atom is 0.253 e. The molecule has 4 nitrogen and oxygen atoms in total. The van der Waals surface area contributed by atoms with Crippen LogP contribution in [0.15, 0.2) is 60.7 Å². The van der Waals surface area contributed by atoms with Crippen LogP contribution in [-0.4, -0.2) is 16.1 Å². The molecular formula is C24H16Cl5IN2O2. The van der Waals surface area contributed by atoms with E-state index in [0.29, 0.717) is 27.8 Å². The monoisotopic (exact) mass is 666 g/mol. The van der Waals surface area contributed by atoms with Crippen molar-refractivity contribution in [3.8, 4) is 0 Å². The number of amides is 2. The Morgan fingerprint density at radius 1 is 0.912 bits per heavy atom. The zero-order valence-corrected chi connectivity index (χ0v) is 23.2. The molecule has 176 valence electrons. The molecule has 0 radical (unpaired) electrons. The smallest absolute Gasteiger partial charge is 0.253 e. The summed E-state index contributed by atoms with van der Waals surface area (Å²) in [6, 6.07) is 17.4. The van der Waals surface area contributed by atoms with Crippen LogP contribution in [0.2, 0.25) is 15.1 Å². The molecule has 0 saturated heterocycles. The lowest BCUT2D eigenvalue weighted by molar-refractivity contribution is -0.117. The molecular weight excluding hydrogens is 652 g/mol. The van der Waals surface area contributed by atoms with Crippen molar-refractivity contribution in [3.05, 3.63) is 96.0 Å².